The second kappa shape index (κ2) is 5.53. The Morgan fingerprint density at radius 1 is 1.31 bits per heavy atom. The Kier molecular flexibility index (Phi) is 5.06. The molecule has 2 unspecified atom stereocenters. The number of hydrogen-bond acceptors (Lipinski definition) is 3. The van der Waals surface area contributed by atoms with Gasteiger partial charge in [-0.2, -0.15) is 0 Å². The Morgan fingerprint density at radius 3 is 2.15 bits per heavy atom. The lowest BCUT2D eigenvalue weighted by Crippen LogP contribution is -2.35. The van der Waals surface area contributed by atoms with Gasteiger partial charge in [-0.3, -0.25) is 4.79 Å². The van der Waals surface area contributed by atoms with Gasteiger partial charge in [-0.25, -0.2) is 4.79 Å². The van der Waals surface area contributed by atoms with E-state index in [-0.39, 0.29) is 6.61 Å². The maximum atomic E-state index is 10.6. The van der Waals surface area contributed by atoms with E-state index in [0.29, 0.717) is 6.42 Å². The van der Waals surface area contributed by atoms with Crippen molar-refractivity contribution in [3.8, 4) is 0 Å². The zero-order chi connectivity index (χ0) is 10.4. The molecule has 0 aromatic heterocycles. The summed E-state index contributed by atoms with van der Waals surface area (Å²) in [6.07, 6.45) is -0.590. The van der Waals surface area contributed by atoms with Crippen LogP contribution in [0.4, 0.5) is 0 Å². The molecule has 0 rings (SSSR count). The van der Waals surface area contributed by atoms with Crippen LogP contribution in [0, 0.1) is 5.92 Å². The number of rotatable bonds is 6. The number of carbonyl (C=O) groups is 2. The molecule has 0 aliphatic rings. The van der Waals surface area contributed by atoms with Gasteiger partial charge in [0, 0.05) is 6.61 Å². The van der Waals surface area contributed by atoms with Crippen LogP contribution in [0.3, 0.4) is 0 Å². The highest BCUT2D eigenvalue weighted by Gasteiger charge is 2.30. The Bertz CT molecular complexity index is 189. The topological polar surface area (TPSA) is 83.8 Å². The molecule has 0 amide bonds. The molecule has 0 bridgehead atoms. The van der Waals surface area contributed by atoms with E-state index in [1.165, 1.54) is 6.92 Å². The molecule has 76 valence electrons. The van der Waals surface area contributed by atoms with Crippen LogP contribution in [0.5, 0.6) is 0 Å². The summed E-state index contributed by atoms with van der Waals surface area (Å²) < 4.78 is 4.90. The number of carboxylic acids is 2. The Labute approximate surface area is 76.3 Å². The van der Waals surface area contributed by atoms with Gasteiger partial charge in [-0.05, 0) is 13.3 Å². The molecule has 2 atom stereocenters. The van der Waals surface area contributed by atoms with Gasteiger partial charge in [0.05, 0.1) is 5.92 Å². The zero-order valence-electron chi connectivity index (χ0n) is 7.69. The molecular weight excluding hydrogens is 176 g/mol. The molecular formula is C8H14O5. The van der Waals surface area contributed by atoms with E-state index in [0.717, 1.165) is 0 Å². The van der Waals surface area contributed by atoms with Crippen molar-refractivity contribution >= 4 is 11.9 Å². The van der Waals surface area contributed by atoms with Crippen molar-refractivity contribution in [3.05, 3.63) is 0 Å². The summed E-state index contributed by atoms with van der Waals surface area (Å²) in [6.45, 7) is 3.40. The fourth-order valence-electron chi connectivity index (χ4n) is 0.804. The van der Waals surface area contributed by atoms with Gasteiger partial charge in [-0.15, -0.1) is 0 Å². The van der Waals surface area contributed by atoms with Crippen LogP contribution in [-0.2, 0) is 14.3 Å². The van der Waals surface area contributed by atoms with E-state index in [9.17, 15) is 9.59 Å². The van der Waals surface area contributed by atoms with Crippen LogP contribution in [0.25, 0.3) is 0 Å². The van der Waals surface area contributed by atoms with Crippen LogP contribution in [-0.4, -0.2) is 34.9 Å². The van der Waals surface area contributed by atoms with Crippen LogP contribution in [0.2, 0.25) is 0 Å². The third-order valence-electron chi connectivity index (χ3n) is 1.59. The summed E-state index contributed by atoms with van der Waals surface area (Å²) in [5, 5.41) is 17.2. The van der Waals surface area contributed by atoms with Crippen LogP contribution in [0.1, 0.15) is 20.3 Å². The van der Waals surface area contributed by atoms with Gasteiger partial charge in [0.2, 0.25) is 0 Å². The molecule has 5 nitrogen and oxygen atoms in total. The number of carboxylic acid groups (broad SMARTS) is 2. The van der Waals surface area contributed by atoms with Gasteiger partial charge >= 0.3 is 11.9 Å². The molecule has 0 aliphatic heterocycles. The fraction of sp³-hybridized carbons (Fsp3) is 0.750. The Balaban J connectivity index is 4.24. The van der Waals surface area contributed by atoms with Gasteiger partial charge in [0.15, 0.2) is 6.10 Å². The second-order valence-corrected chi connectivity index (χ2v) is 2.76. The molecule has 0 heterocycles. The largest absolute Gasteiger partial charge is 0.481 e. The summed E-state index contributed by atoms with van der Waals surface area (Å²) in [6, 6.07) is 0. The van der Waals surface area contributed by atoms with E-state index >= 15 is 0 Å². The standard InChI is InChI=1S/C8H14O5/c1-3-4-13-6(8(11)12)5(2)7(9)10/h5-6H,3-4H2,1-2H3,(H,9,10)(H,11,12). The molecule has 0 radical (unpaired) electrons. The normalized spacial score (nSPS) is 14.9. The van der Waals surface area contributed by atoms with Gasteiger partial charge in [-0.1, -0.05) is 6.92 Å². The van der Waals surface area contributed by atoms with Crippen molar-refractivity contribution < 1.29 is 24.5 Å². The maximum Gasteiger partial charge on any atom is 0.333 e. The zero-order valence-corrected chi connectivity index (χ0v) is 7.69. The lowest BCUT2D eigenvalue weighted by atomic mass is 10.1. The average Bonchev–Trinajstić information content (AvgIpc) is 2.04. The molecule has 13 heavy (non-hydrogen) atoms. The molecule has 0 aliphatic carbocycles. The first-order valence-corrected chi connectivity index (χ1v) is 4.07. The lowest BCUT2D eigenvalue weighted by Gasteiger charge is -2.16. The first kappa shape index (κ1) is 11.9. The monoisotopic (exact) mass is 190 g/mol. The summed E-state index contributed by atoms with van der Waals surface area (Å²) >= 11 is 0. The van der Waals surface area contributed by atoms with E-state index in [1.54, 1.807) is 0 Å². The van der Waals surface area contributed by atoms with Crippen molar-refractivity contribution in [2.24, 2.45) is 5.92 Å². The molecule has 2 N–H and O–H groups in total. The molecule has 0 aromatic rings. The van der Waals surface area contributed by atoms with E-state index in [1.807, 2.05) is 6.92 Å². The highest BCUT2D eigenvalue weighted by Crippen LogP contribution is 2.08. The minimum absolute atomic E-state index is 0.259. The third-order valence-corrected chi connectivity index (χ3v) is 1.59. The molecule has 5 heteroatoms. The summed E-state index contributed by atoms with van der Waals surface area (Å²) in [5.74, 6) is -3.42. The van der Waals surface area contributed by atoms with Crippen molar-refractivity contribution in [1.29, 1.82) is 0 Å². The number of ether oxygens (including phenoxy) is 1. The predicted molar refractivity (Wildman–Crippen MR) is 44.5 cm³/mol. The van der Waals surface area contributed by atoms with Gasteiger partial charge in [0.1, 0.15) is 0 Å². The van der Waals surface area contributed by atoms with Crippen LogP contribution < -0.4 is 0 Å². The Morgan fingerprint density at radius 2 is 1.85 bits per heavy atom. The maximum absolute atomic E-state index is 10.6. The molecule has 0 saturated heterocycles. The molecule has 0 fully saturated rings. The van der Waals surface area contributed by atoms with Gasteiger partial charge in [0.25, 0.3) is 0 Å². The molecule has 0 aromatic carbocycles. The summed E-state index contributed by atoms with van der Waals surface area (Å²) in [5.41, 5.74) is 0. The van der Waals surface area contributed by atoms with Crippen LogP contribution >= 0.6 is 0 Å². The molecule has 0 saturated carbocycles. The van der Waals surface area contributed by atoms with E-state index in [2.05, 4.69) is 0 Å². The minimum atomic E-state index is -1.25. The minimum Gasteiger partial charge on any atom is -0.481 e. The quantitative estimate of drug-likeness (QED) is 0.640. The summed E-state index contributed by atoms with van der Waals surface area (Å²) in [7, 11) is 0. The smallest absolute Gasteiger partial charge is 0.333 e. The highest BCUT2D eigenvalue weighted by atomic mass is 16.5. The third kappa shape index (κ3) is 3.89. The van der Waals surface area contributed by atoms with Crippen molar-refractivity contribution in [1.82, 2.24) is 0 Å². The van der Waals surface area contributed by atoms with Crippen molar-refractivity contribution in [3.63, 3.8) is 0 Å². The second-order valence-electron chi connectivity index (χ2n) is 2.76. The van der Waals surface area contributed by atoms with Crippen LogP contribution in [0.15, 0.2) is 0 Å². The Hall–Kier alpha value is -1.10. The summed E-state index contributed by atoms with van der Waals surface area (Å²) in [4.78, 5) is 21.0. The predicted octanol–water partition coefficient (Wildman–Crippen LogP) is 0.587. The van der Waals surface area contributed by atoms with E-state index in [4.69, 9.17) is 14.9 Å². The highest BCUT2D eigenvalue weighted by molar-refractivity contribution is 5.81. The van der Waals surface area contributed by atoms with Gasteiger partial charge < -0.3 is 14.9 Å². The van der Waals surface area contributed by atoms with Crippen molar-refractivity contribution in [2.75, 3.05) is 6.61 Å². The number of aliphatic carboxylic acids is 2. The number of hydrogen-bond donors (Lipinski definition) is 2. The fourth-order valence-corrected chi connectivity index (χ4v) is 0.804. The first-order valence-electron chi connectivity index (χ1n) is 4.07. The van der Waals surface area contributed by atoms with Crippen molar-refractivity contribution in [2.45, 2.75) is 26.4 Å². The molecule has 0 spiro atoms. The lowest BCUT2D eigenvalue weighted by molar-refractivity contribution is -0.163. The van der Waals surface area contributed by atoms with E-state index < -0.39 is 24.0 Å². The average molecular weight is 190 g/mol. The first-order chi connectivity index (χ1) is 6.00. The SMILES string of the molecule is CCCOC(C(=O)O)C(C)C(=O)O.